The average Bonchev–Trinajstić information content (AvgIpc) is 3.44. The molecule has 2 nitrogen and oxygen atoms in total. The Morgan fingerprint density at radius 2 is 1.31 bits per heavy atom. The maximum Gasteiger partial charge on any atom is 0.416 e. The van der Waals surface area contributed by atoms with Crippen molar-refractivity contribution in [1.29, 1.82) is 0 Å². The van der Waals surface area contributed by atoms with Crippen LogP contribution in [0.2, 0.25) is 5.02 Å². The first-order valence-corrected chi connectivity index (χ1v) is 12.8. The Hall–Kier alpha value is -4.31. The molecule has 0 N–H and O–H groups in total. The Morgan fingerprint density at radius 3 is 1.81 bits per heavy atom. The molecule has 0 radical (unpaired) electrons. The zero-order valence-corrected chi connectivity index (χ0v) is 22.4. The second-order valence-electron chi connectivity index (χ2n) is 9.04. The molecule has 4 aromatic carbocycles. The molecule has 0 bridgehead atoms. The first-order chi connectivity index (χ1) is 19.9. The highest BCUT2D eigenvalue weighted by Gasteiger charge is 2.33. The molecule has 0 aliphatic carbocycles. The molecule has 42 heavy (non-hydrogen) atoms. The number of rotatable bonds is 5. The van der Waals surface area contributed by atoms with Gasteiger partial charge in [-0.25, -0.2) is 9.37 Å². The number of alkyl halides is 6. The van der Waals surface area contributed by atoms with Gasteiger partial charge in [0.15, 0.2) is 0 Å². The highest BCUT2D eigenvalue weighted by molar-refractivity contribution is 6.89. The smallest absolute Gasteiger partial charge is 0.298 e. The zero-order valence-electron chi connectivity index (χ0n) is 21.7. The zero-order chi connectivity index (χ0) is 30.5. The van der Waals surface area contributed by atoms with Gasteiger partial charge < -0.3 is 0 Å². The van der Waals surface area contributed by atoms with Crippen LogP contribution in [-0.4, -0.2) is 16.3 Å². The van der Waals surface area contributed by atoms with E-state index < -0.39 is 30.2 Å². The molecule has 5 aromatic rings. The molecule has 11 heteroatoms. The summed E-state index contributed by atoms with van der Waals surface area (Å²) in [5.74, 6) is 1.74. The molecular formula is C31H21BClF7N2. The van der Waals surface area contributed by atoms with Crippen molar-refractivity contribution in [3.05, 3.63) is 144 Å². The van der Waals surface area contributed by atoms with Crippen LogP contribution < -0.4 is 10.9 Å². The number of benzene rings is 4. The third-order valence-corrected chi connectivity index (χ3v) is 6.53. The summed E-state index contributed by atoms with van der Waals surface area (Å²) in [6.07, 6.45) is -5.53. The van der Waals surface area contributed by atoms with E-state index in [0.717, 1.165) is 35.7 Å². The van der Waals surface area contributed by atoms with Crippen LogP contribution in [0.25, 0.3) is 17.1 Å². The Bertz CT molecular complexity index is 1610. The summed E-state index contributed by atoms with van der Waals surface area (Å²) in [5, 5.41) is 0.357. The predicted octanol–water partition coefficient (Wildman–Crippen LogP) is 8.39. The SMILES string of the molecule is C=CB(c1cccc(C(F)(F)F)c1)c1cccc(C(F)(F)F)c1.Fc1ccc(-n2ccnc2-c2ccccc2)c(Cl)c1. The first-order valence-electron chi connectivity index (χ1n) is 12.4. The van der Waals surface area contributed by atoms with Crippen molar-refractivity contribution in [3.8, 4) is 17.1 Å². The van der Waals surface area contributed by atoms with E-state index in [0.29, 0.717) is 10.7 Å². The van der Waals surface area contributed by atoms with Crippen LogP contribution in [0.15, 0.2) is 122 Å². The number of imidazole rings is 1. The van der Waals surface area contributed by atoms with Crippen molar-refractivity contribution >= 4 is 29.2 Å². The summed E-state index contributed by atoms with van der Waals surface area (Å²) in [7, 11) is 0. The van der Waals surface area contributed by atoms with Crippen LogP contribution in [0.5, 0.6) is 0 Å². The van der Waals surface area contributed by atoms with Crippen LogP contribution in [0.1, 0.15) is 11.1 Å². The second-order valence-corrected chi connectivity index (χ2v) is 9.45. The summed E-state index contributed by atoms with van der Waals surface area (Å²) < 4.78 is 91.6. The maximum absolute atomic E-state index is 13.1. The Morgan fingerprint density at radius 1 is 0.738 bits per heavy atom. The minimum absolute atomic E-state index is 0.231. The molecule has 1 aromatic heterocycles. The van der Waals surface area contributed by atoms with Crippen LogP contribution >= 0.6 is 11.6 Å². The van der Waals surface area contributed by atoms with Gasteiger partial charge >= 0.3 is 12.4 Å². The van der Waals surface area contributed by atoms with Gasteiger partial charge in [-0.05, 0) is 18.2 Å². The normalized spacial score (nSPS) is 11.4. The summed E-state index contributed by atoms with van der Waals surface area (Å²) in [6.45, 7) is 2.77. The summed E-state index contributed by atoms with van der Waals surface area (Å²) in [5.41, 5.74) is 0.443. The molecule has 214 valence electrons. The van der Waals surface area contributed by atoms with Crippen molar-refractivity contribution in [2.24, 2.45) is 0 Å². The van der Waals surface area contributed by atoms with Gasteiger partial charge in [-0.3, -0.25) is 4.57 Å². The van der Waals surface area contributed by atoms with Gasteiger partial charge in [0.05, 0.1) is 21.8 Å². The van der Waals surface area contributed by atoms with Crippen LogP contribution in [0.3, 0.4) is 0 Å². The Kier molecular flexibility index (Phi) is 9.26. The third-order valence-electron chi connectivity index (χ3n) is 6.22. The van der Waals surface area contributed by atoms with E-state index in [4.69, 9.17) is 11.6 Å². The molecule has 0 saturated heterocycles. The van der Waals surface area contributed by atoms with Gasteiger partial charge in [-0.1, -0.05) is 101 Å². The van der Waals surface area contributed by atoms with E-state index in [1.807, 2.05) is 34.9 Å². The standard InChI is InChI=1S/C16H11BF6.C15H10ClFN2/c1-2-17(13-7-3-5-11(9-13)15(18,19)20)14-8-4-6-12(10-14)16(21,22)23;16-13-10-12(17)6-7-14(13)19-9-8-18-15(19)11-4-2-1-3-5-11/h2-10H,1H2;1-10H. The highest BCUT2D eigenvalue weighted by Crippen LogP contribution is 2.30. The number of halogens is 8. The van der Waals surface area contributed by atoms with Crippen LogP contribution in [0, 0.1) is 5.82 Å². The molecule has 0 saturated carbocycles. The van der Waals surface area contributed by atoms with Crippen molar-refractivity contribution in [2.75, 3.05) is 0 Å². The first kappa shape index (κ1) is 30.6. The van der Waals surface area contributed by atoms with Gasteiger partial charge in [-0.2, -0.15) is 26.3 Å². The van der Waals surface area contributed by atoms with E-state index >= 15 is 0 Å². The lowest BCUT2D eigenvalue weighted by Crippen LogP contribution is -2.41. The molecule has 0 aliphatic heterocycles. The van der Waals surface area contributed by atoms with E-state index in [1.165, 1.54) is 42.4 Å². The summed E-state index contributed by atoms with van der Waals surface area (Å²) >= 11 is 6.09. The summed E-state index contributed by atoms with van der Waals surface area (Å²) in [4.78, 5) is 4.34. The quantitative estimate of drug-likeness (QED) is 0.146. The molecule has 1 heterocycles. The minimum Gasteiger partial charge on any atom is -0.298 e. The van der Waals surface area contributed by atoms with Gasteiger partial charge in [0.2, 0.25) is 6.71 Å². The predicted molar refractivity (Wildman–Crippen MR) is 152 cm³/mol. The van der Waals surface area contributed by atoms with Gasteiger partial charge in [0.1, 0.15) is 11.6 Å². The lowest BCUT2D eigenvalue weighted by molar-refractivity contribution is -0.138. The van der Waals surface area contributed by atoms with Crippen molar-refractivity contribution < 1.29 is 30.7 Å². The van der Waals surface area contributed by atoms with E-state index in [9.17, 15) is 30.7 Å². The molecule has 0 unspecified atom stereocenters. The van der Waals surface area contributed by atoms with Crippen molar-refractivity contribution in [2.45, 2.75) is 12.4 Å². The van der Waals surface area contributed by atoms with Gasteiger partial charge in [-0.15, -0.1) is 12.6 Å². The number of aromatic nitrogens is 2. The maximum atomic E-state index is 13.1. The fraction of sp³-hybridized carbons (Fsp3) is 0.0645. The number of hydrogen-bond donors (Lipinski definition) is 0. The van der Waals surface area contributed by atoms with Crippen LogP contribution in [-0.2, 0) is 12.4 Å². The summed E-state index contributed by atoms with van der Waals surface area (Å²) in [6, 6.07) is 23.1. The van der Waals surface area contributed by atoms with E-state index in [1.54, 1.807) is 18.5 Å². The Balaban J connectivity index is 0.000000196. The van der Waals surface area contributed by atoms with Crippen molar-refractivity contribution in [1.82, 2.24) is 9.55 Å². The largest absolute Gasteiger partial charge is 0.416 e. The highest BCUT2D eigenvalue weighted by atomic mass is 35.5. The van der Waals surface area contributed by atoms with Gasteiger partial charge in [0, 0.05) is 18.0 Å². The monoisotopic (exact) mass is 600 g/mol. The fourth-order valence-corrected chi connectivity index (χ4v) is 4.52. The topological polar surface area (TPSA) is 17.8 Å². The molecule has 0 spiro atoms. The molecule has 0 fully saturated rings. The third kappa shape index (κ3) is 7.30. The molecule has 0 amide bonds. The van der Waals surface area contributed by atoms with Crippen LogP contribution in [0.4, 0.5) is 30.7 Å². The van der Waals surface area contributed by atoms with Crippen molar-refractivity contribution in [3.63, 3.8) is 0 Å². The second kappa shape index (κ2) is 12.7. The van der Waals surface area contributed by atoms with E-state index in [-0.39, 0.29) is 16.7 Å². The molecule has 5 rings (SSSR count). The lowest BCUT2D eigenvalue weighted by atomic mass is 9.41. The number of nitrogens with zero attached hydrogens (tertiary/aromatic N) is 2. The molecule has 0 atom stereocenters. The average molecular weight is 601 g/mol. The lowest BCUT2D eigenvalue weighted by Gasteiger charge is -2.15. The van der Waals surface area contributed by atoms with Gasteiger partial charge in [0.25, 0.3) is 0 Å². The van der Waals surface area contributed by atoms with E-state index in [2.05, 4.69) is 11.6 Å². The fourth-order valence-electron chi connectivity index (χ4n) is 4.26. The Labute approximate surface area is 242 Å². The number of hydrogen-bond acceptors (Lipinski definition) is 1. The molecular weight excluding hydrogens is 580 g/mol. The molecule has 0 aliphatic rings. The minimum atomic E-state index is -4.52.